The number of rotatable bonds is 5. The van der Waals surface area contributed by atoms with E-state index < -0.39 is 16.5 Å². The highest BCUT2D eigenvalue weighted by Crippen LogP contribution is 2.25. The molecule has 0 aliphatic heterocycles. The number of pyridine rings is 1. The van der Waals surface area contributed by atoms with E-state index >= 15 is 0 Å². The first-order valence-electron chi connectivity index (χ1n) is 5.42. The number of nitrogens with one attached hydrogen (secondary N) is 1. The van der Waals surface area contributed by atoms with E-state index in [1.54, 1.807) is 0 Å². The van der Waals surface area contributed by atoms with Crippen LogP contribution in [0.1, 0.15) is 16.2 Å². The Morgan fingerprint density at radius 1 is 1.50 bits per heavy atom. The van der Waals surface area contributed by atoms with E-state index in [4.69, 9.17) is 16.1 Å². The molecule has 0 unspecified atom stereocenters. The van der Waals surface area contributed by atoms with Crippen LogP contribution in [0.3, 0.4) is 0 Å². The minimum absolute atomic E-state index is 0.152. The van der Waals surface area contributed by atoms with Gasteiger partial charge in [-0.05, 0) is 6.07 Å². The maximum atomic E-state index is 11.9. The van der Waals surface area contributed by atoms with Gasteiger partial charge in [0.25, 0.3) is 5.91 Å². The fourth-order valence-corrected chi connectivity index (χ4v) is 1.70. The van der Waals surface area contributed by atoms with Crippen LogP contribution < -0.4 is 5.32 Å². The molecule has 2 aromatic rings. The molecule has 2 rings (SSSR count). The first-order valence-corrected chi connectivity index (χ1v) is 5.80. The van der Waals surface area contributed by atoms with Crippen molar-refractivity contribution in [2.45, 2.75) is 6.42 Å². The van der Waals surface area contributed by atoms with Gasteiger partial charge in [0.05, 0.1) is 4.92 Å². The number of halogens is 1. The molecule has 1 amide bonds. The quantitative estimate of drug-likeness (QED) is 0.496. The Hall–Kier alpha value is -2.55. The van der Waals surface area contributed by atoms with Crippen LogP contribution in [-0.2, 0) is 6.42 Å². The lowest BCUT2D eigenvalue weighted by Crippen LogP contribution is -2.26. The summed E-state index contributed by atoms with van der Waals surface area (Å²) in [6.45, 7) is 0.193. The number of amides is 1. The van der Waals surface area contributed by atoms with Crippen molar-refractivity contribution in [2.75, 3.05) is 6.54 Å². The van der Waals surface area contributed by atoms with Gasteiger partial charge in [-0.1, -0.05) is 16.8 Å². The van der Waals surface area contributed by atoms with Gasteiger partial charge in [-0.3, -0.25) is 14.9 Å². The smallest absolute Gasteiger partial charge is 0.319 e. The maximum absolute atomic E-state index is 11.9. The monoisotopic (exact) mass is 297 g/mol. The van der Waals surface area contributed by atoms with Crippen molar-refractivity contribution in [1.29, 1.82) is 0 Å². The topological polar surface area (TPSA) is 124 Å². The Bertz CT molecular complexity index is 631. The van der Waals surface area contributed by atoms with Gasteiger partial charge in [0.15, 0.2) is 6.33 Å². The predicted octanol–water partition coefficient (Wildman–Crippen LogP) is 0.999. The van der Waals surface area contributed by atoms with Gasteiger partial charge in [0.2, 0.25) is 11.0 Å². The van der Waals surface area contributed by atoms with E-state index in [-0.39, 0.29) is 17.3 Å². The van der Waals surface area contributed by atoms with Crippen molar-refractivity contribution in [3.05, 3.63) is 45.3 Å². The molecule has 104 valence electrons. The van der Waals surface area contributed by atoms with E-state index in [2.05, 4.69) is 20.4 Å². The number of carbonyl (C=O) groups is 1. The summed E-state index contributed by atoms with van der Waals surface area (Å²) in [7, 11) is 0. The van der Waals surface area contributed by atoms with Gasteiger partial charge in [0, 0.05) is 19.2 Å². The van der Waals surface area contributed by atoms with Crippen molar-refractivity contribution >= 4 is 23.2 Å². The Kier molecular flexibility index (Phi) is 4.20. The Morgan fingerprint density at radius 3 is 2.95 bits per heavy atom. The molecule has 2 aromatic heterocycles. The van der Waals surface area contributed by atoms with E-state index in [0.29, 0.717) is 12.3 Å². The van der Waals surface area contributed by atoms with Gasteiger partial charge in [-0.25, -0.2) is 4.98 Å². The summed E-state index contributed by atoms with van der Waals surface area (Å²) in [5.74, 6) is -0.270. The lowest BCUT2D eigenvalue weighted by atomic mass is 10.2. The lowest BCUT2D eigenvalue weighted by molar-refractivity contribution is -0.385. The van der Waals surface area contributed by atoms with Crippen LogP contribution in [0.5, 0.6) is 0 Å². The fraction of sp³-hybridized carbons (Fsp3) is 0.200. The standard InChI is InChI=1S/C10H8ClN5O4/c11-9-8(16(18)19)6(1-3-12-9)10(17)13-4-2-7-14-5-15-20-7/h1,3,5H,2,4H2,(H,13,17). The molecule has 0 saturated heterocycles. The van der Waals surface area contributed by atoms with Gasteiger partial charge in [-0.2, -0.15) is 4.98 Å². The number of carbonyl (C=O) groups excluding carboxylic acids is 1. The molecule has 0 radical (unpaired) electrons. The van der Waals surface area contributed by atoms with Crippen molar-refractivity contribution in [3.63, 3.8) is 0 Å². The minimum atomic E-state index is -0.748. The van der Waals surface area contributed by atoms with Crippen LogP contribution in [0.15, 0.2) is 23.1 Å². The normalized spacial score (nSPS) is 10.2. The van der Waals surface area contributed by atoms with Crippen LogP contribution >= 0.6 is 11.6 Å². The summed E-state index contributed by atoms with van der Waals surface area (Å²) in [6, 6.07) is 1.23. The van der Waals surface area contributed by atoms with E-state index in [9.17, 15) is 14.9 Å². The molecule has 2 heterocycles. The molecular formula is C10H8ClN5O4. The molecule has 0 spiro atoms. The van der Waals surface area contributed by atoms with Gasteiger partial charge in [-0.15, -0.1) is 0 Å². The molecule has 0 atom stereocenters. The molecule has 0 aliphatic rings. The Balaban J connectivity index is 2.06. The predicted molar refractivity (Wildman–Crippen MR) is 66.2 cm³/mol. The molecule has 0 bridgehead atoms. The largest absolute Gasteiger partial charge is 0.351 e. The molecule has 0 saturated carbocycles. The van der Waals surface area contributed by atoms with E-state index in [0.717, 1.165) is 0 Å². The Morgan fingerprint density at radius 2 is 2.30 bits per heavy atom. The number of hydrogen-bond acceptors (Lipinski definition) is 7. The van der Waals surface area contributed by atoms with Gasteiger partial charge in [0.1, 0.15) is 5.56 Å². The van der Waals surface area contributed by atoms with Crippen molar-refractivity contribution in [3.8, 4) is 0 Å². The number of aromatic nitrogens is 3. The van der Waals surface area contributed by atoms with Crippen LogP contribution in [0.4, 0.5) is 5.69 Å². The molecular weight excluding hydrogens is 290 g/mol. The summed E-state index contributed by atoms with van der Waals surface area (Å²) < 4.78 is 4.75. The van der Waals surface area contributed by atoms with Gasteiger partial charge < -0.3 is 9.84 Å². The third kappa shape index (κ3) is 3.06. The zero-order valence-electron chi connectivity index (χ0n) is 9.95. The molecule has 0 aromatic carbocycles. The molecule has 0 aliphatic carbocycles. The highest BCUT2D eigenvalue weighted by molar-refractivity contribution is 6.32. The molecule has 0 fully saturated rings. The molecule has 10 heteroatoms. The summed E-state index contributed by atoms with van der Waals surface area (Å²) >= 11 is 5.62. The summed E-state index contributed by atoms with van der Waals surface area (Å²) in [6.07, 6.45) is 2.78. The summed E-state index contributed by atoms with van der Waals surface area (Å²) in [5.41, 5.74) is -0.676. The zero-order chi connectivity index (χ0) is 14.5. The van der Waals surface area contributed by atoms with Crippen molar-refractivity contribution in [2.24, 2.45) is 0 Å². The lowest BCUT2D eigenvalue weighted by Gasteiger charge is -2.04. The van der Waals surface area contributed by atoms with Crippen LogP contribution in [0, 0.1) is 10.1 Å². The third-order valence-electron chi connectivity index (χ3n) is 2.34. The van der Waals surface area contributed by atoms with Crippen LogP contribution in [-0.4, -0.2) is 32.5 Å². The fourth-order valence-electron chi connectivity index (χ4n) is 1.47. The third-order valence-corrected chi connectivity index (χ3v) is 2.61. The van der Waals surface area contributed by atoms with Crippen molar-refractivity contribution < 1.29 is 14.2 Å². The average Bonchev–Trinajstić information content (AvgIpc) is 2.91. The van der Waals surface area contributed by atoms with Crippen LogP contribution in [0.2, 0.25) is 5.15 Å². The average molecular weight is 298 g/mol. The van der Waals surface area contributed by atoms with Crippen molar-refractivity contribution in [1.82, 2.24) is 20.4 Å². The number of nitrogens with zero attached hydrogens (tertiary/aromatic N) is 4. The first kappa shape index (κ1) is 13.9. The first-order chi connectivity index (χ1) is 9.59. The Labute approximate surface area is 117 Å². The highest BCUT2D eigenvalue weighted by atomic mass is 35.5. The second kappa shape index (κ2) is 6.06. The van der Waals surface area contributed by atoms with Gasteiger partial charge >= 0.3 is 5.69 Å². The second-order valence-electron chi connectivity index (χ2n) is 3.60. The maximum Gasteiger partial charge on any atom is 0.319 e. The van der Waals surface area contributed by atoms with Crippen LogP contribution in [0.25, 0.3) is 0 Å². The molecule has 1 N–H and O–H groups in total. The van der Waals surface area contributed by atoms with E-state index in [1.165, 1.54) is 18.6 Å². The highest BCUT2D eigenvalue weighted by Gasteiger charge is 2.24. The molecule has 20 heavy (non-hydrogen) atoms. The summed E-state index contributed by atoms with van der Waals surface area (Å²) in [4.78, 5) is 29.4. The molecule has 9 nitrogen and oxygen atoms in total. The minimum Gasteiger partial charge on any atom is -0.351 e. The number of nitro groups is 1. The second-order valence-corrected chi connectivity index (χ2v) is 3.95. The SMILES string of the molecule is O=C(NCCc1ncno1)c1ccnc(Cl)c1[N+](=O)[O-]. The summed E-state index contributed by atoms with van der Waals surface area (Å²) in [5, 5.41) is 16.5. The zero-order valence-corrected chi connectivity index (χ0v) is 10.7. The number of hydrogen-bond donors (Lipinski definition) is 1. The van der Waals surface area contributed by atoms with E-state index in [1.807, 2.05) is 0 Å².